The lowest BCUT2D eigenvalue weighted by molar-refractivity contribution is -0.130. The molecule has 0 atom stereocenters. The number of furan rings is 1. The first kappa shape index (κ1) is 19.4. The summed E-state index contributed by atoms with van der Waals surface area (Å²) in [4.78, 5) is 29.2. The van der Waals surface area contributed by atoms with Crippen molar-refractivity contribution in [3.63, 3.8) is 0 Å². The molecule has 0 radical (unpaired) electrons. The summed E-state index contributed by atoms with van der Waals surface area (Å²) in [5.74, 6) is 0.999. The Kier molecular flexibility index (Phi) is 5.93. The van der Waals surface area contributed by atoms with E-state index in [0.29, 0.717) is 42.4 Å². The topological polar surface area (TPSA) is 96.8 Å². The Bertz CT molecular complexity index is 958. The summed E-state index contributed by atoms with van der Waals surface area (Å²) < 4.78 is 11.2. The molecular weight excluding hydrogens is 360 g/mol. The first-order valence-corrected chi connectivity index (χ1v) is 9.00. The van der Waals surface area contributed by atoms with Gasteiger partial charge < -0.3 is 18.8 Å². The van der Waals surface area contributed by atoms with Gasteiger partial charge in [0, 0.05) is 25.5 Å². The van der Waals surface area contributed by atoms with Crippen LogP contribution in [0.2, 0.25) is 0 Å². The second-order valence-electron chi connectivity index (χ2n) is 6.58. The van der Waals surface area contributed by atoms with Gasteiger partial charge in [-0.25, -0.2) is 9.78 Å². The van der Waals surface area contributed by atoms with Gasteiger partial charge in [-0.3, -0.25) is 4.79 Å². The first-order valence-electron chi connectivity index (χ1n) is 9.00. The number of aryl methyl sites for hydroxylation is 2. The average molecular weight is 382 g/mol. The quantitative estimate of drug-likeness (QED) is 0.634. The van der Waals surface area contributed by atoms with E-state index in [0.717, 1.165) is 5.56 Å². The number of aromatic carboxylic acids is 1. The number of hydrogen-bond acceptors (Lipinski definition) is 5. The predicted molar refractivity (Wildman–Crippen MR) is 102 cm³/mol. The van der Waals surface area contributed by atoms with Crippen LogP contribution >= 0.6 is 0 Å². The van der Waals surface area contributed by atoms with Crippen molar-refractivity contribution >= 4 is 11.9 Å². The van der Waals surface area contributed by atoms with Crippen LogP contribution < -0.4 is 0 Å². The van der Waals surface area contributed by atoms with Crippen LogP contribution in [0.15, 0.2) is 51.4 Å². The van der Waals surface area contributed by atoms with Gasteiger partial charge in [0.2, 0.25) is 5.91 Å². The van der Waals surface area contributed by atoms with Gasteiger partial charge in [0.15, 0.2) is 11.7 Å². The molecule has 1 amide bonds. The molecule has 0 saturated carbocycles. The molecular formula is C21H22N2O5. The molecule has 0 aliphatic carbocycles. The van der Waals surface area contributed by atoms with Crippen molar-refractivity contribution in [3.05, 3.63) is 65.6 Å². The highest BCUT2D eigenvalue weighted by atomic mass is 16.4. The molecule has 3 rings (SSSR count). The van der Waals surface area contributed by atoms with Crippen molar-refractivity contribution < 1.29 is 23.5 Å². The largest absolute Gasteiger partial charge is 0.478 e. The van der Waals surface area contributed by atoms with Gasteiger partial charge in [0.25, 0.3) is 0 Å². The molecule has 0 fully saturated rings. The maximum absolute atomic E-state index is 12.3. The van der Waals surface area contributed by atoms with E-state index in [1.807, 2.05) is 30.3 Å². The van der Waals surface area contributed by atoms with Crippen molar-refractivity contribution in [2.45, 2.75) is 32.7 Å². The van der Waals surface area contributed by atoms with E-state index in [1.165, 1.54) is 11.0 Å². The molecule has 3 aromatic rings. The minimum Gasteiger partial charge on any atom is -0.478 e. The average Bonchev–Trinajstić information content (AvgIpc) is 3.29. The number of carbonyl (C=O) groups excluding carboxylic acids is 1. The molecule has 0 aliphatic heterocycles. The summed E-state index contributed by atoms with van der Waals surface area (Å²) >= 11 is 0. The molecule has 0 spiro atoms. The van der Waals surface area contributed by atoms with Gasteiger partial charge in [0.05, 0.1) is 12.7 Å². The van der Waals surface area contributed by atoms with E-state index in [2.05, 4.69) is 4.98 Å². The zero-order valence-electron chi connectivity index (χ0n) is 15.8. The maximum atomic E-state index is 12.3. The van der Waals surface area contributed by atoms with Crippen LogP contribution in [0.25, 0.3) is 11.3 Å². The molecule has 0 bridgehead atoms. The summed E-state index contributed by atoms with van der Waals surface area (Å²) in [6, 6.07) is 11.2. The number of carboxylic acids is 1. The fraction of sp³-hybridized carbons (Fsp3) is 0.286. The van der Waals surface area contributed by atoms with Gasteiger partial charge in [-0.1, -0.05) is 30.3 Å². The molecule has 28 heavy (non-hydrogen) atoms. The van der Waals surface area contributed by atoms with Gasteiger partial charge in [-0.2, -0.15) is 0 Å². The molecule has 1 N–H and O–H groups in total. The smallest absolute Gasteiger partial charge is 0.339 e. The summed E-state index contributed by atoms with van der Waals surface area (Å²) in [6.45, 7) is 1.82. The summed E-state index contributed by atoms with van der Waals surface area (Å²) in [7, 11) is 1.67. The Labute approximate surface area is 162 Å². The molecule has 0 unspecified atom stereocenters. The van der Waals surface area contributed by atoms with Gasteiger partial charge in [-0.05, 0) is 19.4 Å². The number of oxazole rings is 1. The van der Waals surface area contributed by atoms with Crippen LogP contribution in [0.4, 0.5) is 0 Å². The summed E-state index contributed by atoms with van der Waals surface area (Å²) in [5, 5.41) is 9.07. The molecule has 2 heterocycles. The van der Waals surface area contributed by atoms with Crippen molar-refractivity contribution in [1.82, 2.24) is 9.88 Å². The fourth-order valence-electron chi connectivity index (χ4n) is 2.90. The molecule has 7 heteroatoms. The Hall–Kier alpha value is -3.35. The lowest BCUT2D eigenvalue weighted by atomic mass is 10.2. The van der Waals surface area contributed by atoms with Crippen molar-refractivity contribution in [1.29, 1.82) is 0 Å². The third kappa shape index (κ3) is 4.68. The van der Waals surface area contributed by atoms with E-state index in [1.54, 1.807) is 20.2 Å². The van der Waals surface area contributed by atoms with Crippen LogP contribution in [-0.2, 0) is 17.8 Å². The Morgan fingerprint density at radius 1 is 1.18 bits per heavy atom. The van der Waals surface area contributed by atoms with E-state index < -0.39 is 5.97 Å². The highest BCUT2D eigenvalue weighted by Gasteiger charge is 2.17. The van der Waals surface area contributed by atoms with Crippen LogP contribution in [0.1, 0.15) is 40.6 Å². The molecule has 7 nitrogen and oxygen atoms in total. The minimum absolute atomic E-state index is 0.0548. The number of rotatable bonds is 8. The Morgan fingerprint density at radius 2 is 1.93 bits per heavy atom. The fourth-order valence-corrected chi connectivity index (χ4v) is 2.90. The van der Waals surface area contributed by atoms with Crippen molar-refractivity contribution in [2.24, 2.45) is 0 Å². The standard InChI is InChI=1S/C21H22N2O5/c1-14-17(21(25)26)11-16(27-14)13-23(2)20(24)10-6-9-19-22-12-18(28-19)15-7-4-3-5-8-15/h3-5,7-8,11-12H,6,9-10,13H2,1-2H3,(H,25,26). The van der Waals surface area contributed by atoms with Gasteiger partial charge >= 0.3 is 5.97 Å². The minimum atomic E-state index is -1.04. The highest BCUT2D eigenvalue weighted by Crippen LogP contribution is 2.21. The Balaban J connectivity index is 1.48. The van der Waals surface area contributed by atoms with E-state index in [4.69, 9.17) is 13.9 Å². The van der Waals surface area contributed by atoms with Gasteiger partial charge in [-0.15, -0.1) is 0 Å². The van der Waals surface area contributed by atoms with Crippen LogP contribution in [0, 0.1) is 6.92 Å². The predicted octanol–water partition coefficient (Wildman–Crippen LogP) is 3.92. The Morgan fingerprint density at radius 3 is 2.61 bits per heavy atom. The maximum Gasteiger partial charge on any atom is 0.339 e. The third-order valence-corrected chi connectivity index (χ3v) is 4.41. The van der Waals surface area contributed by atoms with Gasteiger partial charge in [0.1, 0.15) is 17.1 Å². The zero-order chi connectivity index (χ0) is 20.1. The number of benzene rings is 1. The molecule has 0 saturated heterocycles. The molecule has 1 aromatic carbocycles. The highest BCUT2D eigenvalue weighted by molar-refractivity contribution is 5.88. The molecule has 146 valence electrons. The number of amides is 1. The lowest BCUT2D eigenvalue weighted by Gasteiger charge is -2.15. The summed E-state index contributed by atoms with van der Waals surface area (Å²) in [6.07, 6.45) is 3.20. The zero-order valence-corrected chi connectivity index (χ0v) is 15.8. The van der Waals surface area contributed by atoms with Crippen LogP contribution in [0.3, 0.4) is 0 Å². The molecule has 2 aromatic heterocycles. The van der Waals surface area contributed by atoms with Crippen molar-refractivity contribution in [3.8, 4) is 11.3 Å². The second-order valence-corrected chi connectivity index (χ2v) is 6.58. The lowest BCUT2D eigenvalue weighted by Crippen LogP contribution is -2.25. The van der Waals surface area contributed by atoms with Crippen molar-refractivity contribution in [2.75, 3.05) is 7.05 Å². The number of nitrogens with zero attached hydrogens (tertiary/aromatic N) is 2. The first-order chi connectivity index (χ1) is 13.4. The van der Waals surface area contributed by atoms with E-state index >= 15 is 0 Å². The van der Waals surface area contributed by atoms with E-state index in [9.17, 15) is 9.59 Å². The van der Waals surface area contributed by atoms with E-state index in [-0.39, 0.29) is 18.0 Å². The number of hydrogen-bond donors (Lipinski definition) is 1. The monoisotopic (exact) mass is 382 g/mol. The number of carboxylic acid groups (broad SMARTS) is 1. The van der Waals surface area contributed by atoms with Crippen LogP contribution in [0.5, 0.6) is 0 Å². The number of carbonyl (C=O) groups is 2. The molecule has 0 aliphatic rings. The number of aromatic nitrogens is 1. The third-order valence-electron chi connectivity index (χ3n) is 4.41. The second kappa shape index (κ2) is 8.56. The summed E-state index contributed by atoms with van der Waals surface area (Å²) in [5.41, 5.74) is 1.08. The SMILES string of the molecule is Cc1oc(CN(C)C(=O)CCCc2ncc(-c3ccccc3)o2)cc1C(=O)O. The van der Waals surface area contributed by atoms with Crippen LogP contribution in [-0.4, -0.2) is 33.9 Å². The normalized spacial score (nSPS) is 10.8.